The van der Waals surface area contributed by atoms with Gasteiger partial charge in [0.05, 0.1) is 17.9 Å². The van der Waals surface area contributed by atoms with Gasteiger partial charge in [-0.25, -0.2) is 4.39 Å². The van der Waals surface area contributed by atoms with Gasteiger partial charge in [-0.2, -0.15) is 5.26 Å². The monoisotopic (exact) mass is 246 g/mol. The van der Waals surface area contributed by atoms with E-state index in [1.165, 1.54) is 12.5 Å². The van der Waals surface area contributed by atoms with Crippen molar-refractivity contribution in [1.29, 1.82) is 5.26 Å². The number of rotatable bonds is 3. The molecule has 3 nitrogen and oxygen atoms in total. The third kappa shape index (κ3) is 1.95. The molecule has 4 heteroatoms. The van der Waals surface area contributed by atoms with E-state index in [0.29, 0.717) is 23.8 Å². The first-order valence-electron chi connectivity index (χ1n) is 6.36. The Morgan fingerprint density at radius 1 is 1.44 bits per heavy atom. The largest absolute Gasteiger partial charge is 0.384 e. The second-order valence-corrected chi connectivity index (χ2v) is 5.02. The Bertz CT molecular complexity index is 497. The van der Waals surface area contributed by atoms with Crippen LogP contribution in [0.1, 0.15) is 24.8 Å². The van der Waals surface area contributed by atoms with Crippen LogP contribution < -0.4 is 5.32 Å². The predicted molar refractivity (Wildman–Crippen MR) is 65.6 cm³/mol. The number of nitrogens with zero attached hydrogens (tertiary/aromatic N) is 1. The Kier molecular flexibility index (Phi) is 2.92. The second-order valence-electron chi connectivity index (χ2n) is 5.02. The number of nitriles is 1. The molecule has 1 aromatic carbocycles. The molecular weight excluding hydrogens is 231 g/mol. The number of hydrogen-bond donors (Lipinski definition) is 1. The van der Waals surface area contributed by atoms with Crippen molar-refractivity contribution < 1.29 is 9.13 Å². The minimum atomic E-state index is -0.466. The van der Waals surface area contributed by atoms with E-state index in [1.807, 2.05) is 6.07 Å². The highest BCUT2D eigenvalue weighted by Gasteiger charge is 2.40. The van der Waals surface area contributed by atoms with E-state index in [9.17, 15) is 4.39 Å². The molecule has 0 radical (unpaired) electrons. The molecule has 2 aliphatic rings. The molecule has 2 bridgehead atoms. The Morgan fingerprint density at radius 2 is 2.33 bits per heavy atom. The predicted octanol–water partition coefficient (Wildman–Crippen LogP) is 2.68. The van der Waals surface area contributed by atoms with E-state index >= 15 is 0 Å². The maximum atomic E-state index is 13.4. The zero-order chi connectivity index (χ0) is 12.5. The molecule has 3 atom stereocenters. The van der Waals surface area contributed by atoms with Crippen LogP contribution >= 0.6 is 0 Å². The molecule has 1 N–H and O–H groups in total. The summed E-state index contributed by atoms with van der Waals surface area (Å²) in [6, 6.07) is 6.58. The van der Waals surface area contributed by atoms with Gasteiger partial charge < -0.3 is 10.1 Å². The Balaban J connectivity index is 1.67. The van der Waals surface area contributed by atoms with Crippen molar-refractivity contribution in [2.24, 2.45) is 5.92 Å². The van der Waals surface area contributed by atoms with Crippen LogP contribution in [0.5, 0.6) is 0 Å². The molecule has 1 aromatic rings. The van der Waals surface area contributed by atoms with Gasteiger partial charge in [-0.05, 0) is 31.4 Å². The summed E-state index contributed by atoms with van der Waals surface area (Å²) in [6.07, 6.45) is 4.15. The minimum absolute atomic E-state index is 0.0987. The van der Waals surface area contributed by atoms with E-state index in [2.05, 4.69) is 5.32 Å². The van der Waals surface area contributed by atoms with E-state index in [4.69, 9.17) is 10.00 Å². The molecule has 0 amide bonds. The van der Waals surface area contributed by atoms with Crippen molar-refractivity contribution in [3.05, 3.63) is 29.6 Å². The van der Waals surface area contributed by atoms with E-state index in [1.54, 1.807) is 12.1 Å². The molecule has 0 spiro atoms. The molecule has 2 fully saturated rings. The van der Waals surface area contributed by atoms with Gasteiger partial charge in [-0.1, -0.05) is 6.07 Å². The highest BCUT2D eigenvalue weighted by molar-refractivity contribution is 5.57. The van der Waals surface area contributed by atoms with Crippen LogP contribution in [0.2, 0.25) is 0 Å². The van der Waals surface area contributed by atoms with Gasteiger partial charge in [0.15, 0.2) is 0 Å². The van der Waals surface area contributed by atoms with Crippen LogP contribution in [0.3, 0.4) is 0 Å². The van der Waals surface area contributed by atoms with Crippen molar-refractivity contribution in [3.8, 4) is 6.07 Å². The van der Waals surface area contributed by atoms with Gasteiger partial charge in [-0.3, -0.25) is 0 Å². The molecule has 94 valence electrons. The van der Waals surface area contributed by atoms with Crippen LogP contribution in [0.4, 0.5) is 10.1 Å². The fraction of sp³-hybridized carbons (Fsp3) is 0.500. The minimum Gasteiger partial charge on any atom is -0.384 e. The van der Waals surface area contributed by atoms with Crippen molar-refractivity contribution in [1.82, 2.24) is 0 Å². The third-order valence-corrected chi connectivity index (χ3v) is 3.91. The van der Waals surface area contributed by atoms with Gasteiger partial charge in [0.1, 0.15) is 17.4 Å². The lowest BCUT2D eigenvalue weighted by atomic mass is 9.89. The fourth-order valence-corrected chi connectivity index (χ4v) is 2.98. The van der Waals surface area contributed by atoms with Crippen LogP contribution in [-0.4, -0.2) is 18.8 Å². The third-order valence-electron chi connectivity index (χ3n) is 3.91. The van der Waals surface area contributed by atoms with Crippen molar-refractivity contribution in [2.45, 2.75) is 31.5 Å². The van der Waals surface area contributed by atoms with E-state index in [0.717, 1.165) is 19.4 Å². The Labute approximate surface area is 106 Å². The maximum absolute atomic E-state index is 13.4. The van der Waals surface area contributed by atoms with Crippen molar-refractivity contribution in [3.63, 3.8) is 0 Å². The SMILES string of the molecule is N#Cc1c(F)cccc1NCC1CC2CCC1O2. The summed E-state index contributed by atoms with van der Waals surface area (Å²) in [7, 11) is 0. The molecule has 3 unspecified atom stereocenters. The van der Waals surface area contributed by atoms with Crippen LogP contribution in [-0.2, 0) is 4.74 Å². The van der Waals surface area contributed by atoms with Gasteiger partial charge in [0.2, 0.25) is 0 Å². The van der Waals surface area contributed by atoms with Crippen LogP contribution in [0, 0.1) is 23.1 Å². The summed E-state index contributed by atoms with van der Waals surface area (Å²) < 4.78 is 19.2. The molecule has 2 heterocycles. The number of anilines is 1. The van der Waals surface area contributed by atoms with Crippen molar-refractivity contribution in [2.75, 3.05) is 11.9 Å². The normalized spacial score (nSPS) is 29.2. The standard InChI is InChI=1S/C14H15FN2O/c15-12-2-1-3-13(11(12)7-16)17-8-9-6-10-4-5-14(9)18-10/h1-3,9-10,14,17H,4-6,8H2. The average molecular weight is 246 g/mol. The highest BCUT2D eigenvalue weighted by Crippen LogP contribution is 2.38. The zero-order valence-electron chi connectivity index (χ0n) is 10.0. The van der Waals surface area contributed by atoms with Gasteiger partial charge in [-0.15, -0.1) is 0 Å². The number of benzene rings is 1. The molecular formula is C14H15FN2O. The molecule has 2 aliphatic heterocycles. The van der Waals surface area contributed by atoms with Crippen molar-refractivity contribution >= 4 is 5.69 Å². The van der Waals surface area contributed by atoms with Crippen LogP contribution in [0.15, 0.2) is 18.2 Å². The number of halogens is 1. The quantitative estimate of drug-likeness (QED) is 0.891. The first-order chi connectivity index (χ1) is 8.78. The summed E-state index contributed by atoms with van der Waals surface area (Å²) in [5.74, 6) is 0.0188. The summed E-state index contributed by atoms with van der Waals surface area (Å²) in [4.78, 5) is 0. The number of fused-ring (bicyclic) bond motifs is 2. The van der Waals surface area contributed by atoms with Gasteiger partial charge in [0.25, 0.3) is 0 Å². The second kappa shape index (κ2) is 4.58. The van der Waals surface area contributed by atoms with E-state index < -0.39 is 5.82 Å². The Hall–Kier alpha value is -1.60. The summed E-state index contributed by atoms with van der Waals surface area (Å²) in [6.45, 7) is 0.749. The number of ether oxygens (including phenoxy) is 1. The highest BCUT2D eigenvalue weighted by atomic mass is 19.1. The molecule has 0 aromatic heterocycles. The molecule has 18 heavy (non-hydrogen) atoms. The van der Waals surface area contributed by atoms with E-state index in [-0.39, 0.29) is 5.56 Å². The van der Waals surface area contributed by atoms with Gasteiger partial charge >= 0.3 is 0 Å². The van der Waals surface area contributed by atoms with Gasteiger partial charge in [0, 0.05) is 12.5 Å². The molecule has 2 saturated heterocycles. The zero-order valence-corrected chi connectivity index (χ0v) is 10.0. The lowest BCUT2D eigenvalue weighted by Gasteiger charge is -2.19. The van der Waals surface area contributed by atoms with Crippen LogP contribution in [0.25, 0.3) is 0 Å². The fourth-order valence-electron chi connectivity index (χ4n) is 2.98. The number of hydrogen-bond acceptors (Lipinski definition) is 3. The Morgan fingerprint density at radius 3 is 3.00 bits per heavy atom. The lowest BCUT2D eigenvalue weighted by Crippen LogP contribution is -2.24. The summed E-state index contributed by atoms with van der Waals surface area (Å²) in [5, 5.41) is 12.1. The molecule has 0 aliphatic carbocycles. The summed E-state index contributed by atoms with van der Waals surface area (Å²) >= 11 is 0. The first kappa shape index (κ1) is 11.5. The lowest BCUT2D eigenvalue weighted by molar-refractivity contribution is 0.0941. The topological polar surface area (TPSA) is 45.0 Å². The smallest absolute Gasteiger partial charge is 0.143 e. The molecule has 3 rings (SSSR count). The first-order valence-corrected chi connectivity index (χ1v) is 6.36. The summed E-state index contributed by atoms with van der Waals surface area (Å²) in [5.41, 5.74) is 0.682. The molecule has 0 saturated carbocycles. The number of nitrogens with one attached hydrogen (secondary N) is 1. The maximum Gasteiger partial charge on any atom is 0.143 e. The average Bonchev–Trinajstić information content (AvgIpc) is 2.98.